The van der Waals surface area contributed by atoms with Gasteiger partial charge in [-0.1, -0.05) is 36.5 Å². The molecule has 4 N–H and O–H groups in total. The van der Waals surface area contributed by atoms with Gasteiger partial charge in [-0.05, 0) is 26.7 Å². The van der Waals surface area contributed by atoms with Crippen LogP contribution in [0.15, 0.2) is 36.5 Å². The lowest BCUT2D eigenvalue weighted by atomic mass is 10.0. The van der Waals surface area contributed by atoms with E-state index in [4.69, 9.17) is 4.74 Å². The molecule has 1 saturated heterocycles. The van der Waals surface area contributed by atoms with E-state index in [1.165, 1.54) is 0 Å². The molecule has 3 aliphatic rings. The van der Waals surface area contributed by atoms with Crippen molar-refractivity contribution in [2.75, 3.05) is 13.2 Å². The van der Waals surface area contributed by atoms with Crippen molar-refractivity contribution in [2.24, 2.45) is 5.92 Å². The molecule has 26 heavy (non-hydrogen) atoms. The van der Waals surface area contributed by atoms with E-state index in [9.17, 15) is 14.4 Å². The summed E-state index contributed by atoms with van der Waals surface area (Å²) in [5.74, 6) is -0.536. The number of ether oxygens (including phenoxy) is 2. The smallest absolute Gasteiger partial charge is 0.371 e. The monoisotopic (exact) mass is 388 g/mol. The maximum atomic E-state index is 11.3. The van der Waals surface area contributed by atoms with Crippen LogP contribution in [0.4, 0.5) is 0 Å². The second-order valence-corrected chi connectivity index (χ2v) is 5.25. The number of hydrogen-bond acceptors (Lipinski definition) is 7. The normalized spacial score (nSPS) is 22.6. The molecule has 1 aliphatic heterocycles. The average Bonchev–Trinajstić information content (AvgIpc) is 3.34. The maximum absolute atomic E-state index is 11.3. The molecular weight excluding hydrogens is 360 g/mol. The minimum Gasteiger partial charge on any atom is -0.465 e. The van der Waals surface area contributed by atoms with Crippen molar-refractivity contribution < 1.29 is 23.9 Å². The molecule has 2 bridgehead atoms. The lowest BCUT2D eigenvalue weighted by Gasteiger charge is -2.17. The Morgan fingerprint density at radius 3 is 2.04 bits per heavy atom. The van der Waals surface area contributed by atoms with Gasteiger partial charge in [0.15, 0.2) is 0 Å². The van der Waals surface area contributed by atoms with Gasteiger partial charge in [0.25, 0.3) is 0 Å². The molecule has 0 aromatic carbocycles. The van der Waals surface area contributed by atoms with Crippen LogP contribution in [0.3, 0.4) is 0 Å². The van der Waals surface area contributed by atoms with E-state index in [1.807, 2.05) is 6.92 Å². The summed E-state index contributed by atoms with van der Waals surface area (Å²) < 4.78 is 9.13. The van der Waals surface area contributed by atoms with Crippen molar-refractivity contribution in [1.82, 2.24) is 11.5 Å². The van der Waals surface area contributed by atoms with Crippen molar-refractivity contribution in [3.05, 3.63) is 36.5 Å². The SMILES string of the molecule is C1=CCC=C1.CCOC(=O)C1NC2C=CC1C2.CCOC(=O)C=O.Cl.N. The lowest BCUT2D eigenvalue weighted by Crippen LogP contribution is -2.40. The molecule has 0 saturated carbocycles. The Bertz CT molecular complexity index is 510. The van der Waals surface area contributed by atoms with Crippen molar-refractivity contribution in [3.8, 4) is 0 Å². The van der Waals surface area contributed by atoms with E-state index < -0.39 is 5.97 Å². The van der Waals surface area contributed by atoms with E-state index in [0.717, 1.165) is 12.8 Å². The Morgan fingerprint density at radius 2 is 1.73 bits per heavy atom. The summed E-state index contributed by atoms with van der Waals surface area (Å²) in [4.78, 5) is 30.6. The molecular formula is C18H29ClN2O5. The standard InChI is InChI=1S/C9H13NO2.C5H6.C4H6O3.ClH.H3N/c1-2-12-9(11)8-6-3-4-7(5-6)10-8;1-2-4-5-3-1;1-2-7-4(6)3-5;;/h3-4,6-8,10H,2,5H2,1H3;1-4H,5H2;3H,2H2,1H3;1H;1H3. The van der Waals surface area contributed by atoms with Crippen LogP contribution in [-0.2, 0) is 23.9 Å². The predicted octanol–water partition coefficient (Wildman–Crippen LogP) is 2.30. The fourth-order valence-electron chi connectivity index (χ4n) is 2.50. The van der Waals surface area contributed by atoms with Gasteiger partial charge in [0.1, 0.15) is 6.04 Å². The number of fused-ring (bicyclic) bond motifs is 2. The summed E-state index contributed by atoms with van der Waals surface area (Å²) in [6.45, 7) is 4.21. The highest BCUT2D eigenvalue weighted by atomic mass is 35.5. The molecule has 0 amide bonds. The molecule has 3 atom stereocenters. The summed E-state index contributed by atoms with van der Waals surface area (Å²) in [5, 5.41) is 3.21. The second kappa shape index (κ2) is 15.3. The lowest BCUT2D eigenvalue weighted by molar-refractivity contribution is -0.148. The molecule has 7 nitrogen and oxygen atoms in total. The topological polar surface area (TPSA) is 117 Å². The zero-order valence-corrected chi connectivity index (χ0v) is 16.1. The maximum Gasteiger partial charge on any atom is 0.371 e. The molecule has 1 fully saturated rings. The third kappa shape index (κ3) is 9.50. The molecule has 3 rings (SSSR count). The van der Waals surface area contributed by atoms with Gasteiger partial charge in [-0.3, -0.25) is 14.9 Å². The van der Waals surface area contributed by atoms with E-state index in [1.54, 1.807) is 6.92 Å². The van der Waals surface area contributed by atoms with Crippen LogP contribution in [0.5, 0.6) is 0 Å². The first-order chi connectivity index (χ1) is 11.6. The number of carbonyl (C=O) groups excluding carboxylic acids is 3. The molecule has 3 unspecified atom stereocenters. The number of rotatable bonds is 4. The second-order valence-electron chi connectivity index (χ2n) is 5.25. The minimum atomic E-state index is -0.803. The first-order valence-corrected chi connectivity index (χ1v) is 8.16. The number of allylic oxidation sites excluding steroid dienone is 4. The summed E-state index contributed by atoms with van der Waals surface area (Å²) in [6, 6.07) is 0.323. The van der Waals surface area contributed by atoms with E-state index in [2.05, 4.69) is 46.5 Å². The van der Waals surface area contributed by atoms with Gasteiger partial charge in [-0.15, -0.1) is 12.4 Å². The molecule has 1 heterocycles. The molecule has 0 spiro atoms. The van der Waals surface area contributed by atoms with Gasteiger partial charge in [-0.2, -0.15) is 0 Å². The fourth-order valence-corrected chi connectivity index (χ4v) is 2.50. The highest BCUT2D eigenvalue weighted by Gasteiger charge is 2.40. The third-order valence-corrected chi connectivity index (χ3v) is 3.52. The molecule has 0 aromatic heterocycles. The van der Waals surface area contributed by atoms with E-state index in [0.29, 0.717) is 18.6 Å². The van der Waals surface area contributed by atoms with Gasteiger partial charge in [0, 0.05) is 12.0 Å². The summed E-state index contributed by atoms with van der Waals surface area (Å²) in [6.07, 6.45) is 14.9. The van der Waals surface area contributed by atoms with Crippen LogP contribution in [0.2, 0.25) is 0 Å². The Labute approximate surface area is 160 Å². The van der Waals surface area contributed by atoms with Gasteiger partial charge in [-0.25, -0.2) is 4.79 Å². The number of esters is 2. The van der Waals surface area contributed by atoms with Crippen LogP contribution in [0, 0.1) is 5.92 Å². The first kappa shape index (κ1) is 26.3. The Hall–Kier alpha value is -1.96. The summed E-state index contributed by atoms with van der Waals surface area (Å²) >= 11 is 0. The highest BCUT2D eigenvalue weighted by Crippen LogP contribution is 2.29. The van der Waals surface area contributed by atoms with Crippen molar-refractivity contribution >= 4 is 30.6 Å². The largest absolute Gasteiger partial charge is 0.465 e. The zero-order valence-electron chi connectivity index (χ0n) is 15.3. The van der Waals surface area contributed by atoms with Crippen LogP contribution in [0.1, 0.15) is 26.7 Å². The molecule has 8 heteroatoms. The highest BCUT2D eigenvalue weighted by molar-refractivity contribution is 6.20. The predicted molar refractivity (Wildman–Crippen MR) is 102 cm³/mol. The molecule has 0 aromatic rings. The van der Waals surface area contributed by atoms with E-state index >= 15 is 0 Å². The van der Waals surface area contributed by atoms with Crippen LogP contribution in [-0.4, -0.2) is 43.5 Å². The Balaban J connectivity index is 0. The van der Waals surface area contributed by atoms with E-state index in [-0.39, 0.29) is 43.5 Å². The summed E-state index contributed by atoms with van der Waals surface area (Å²) in [7, 11) is 0. The number of halogens is 1. The number of aldehydes is 1. The van der Waals surface area contributed by atoms with Crippen molar-refractivity contribution in [3.63, 3.8) is 0 Å². The average molecular weight is 389 g/mol. The number of carbonyl (C=O) groups is 3. The van der Waals surface area contributed by atoms with Crippen LogP contribution >= 0.6 is 12.4 Å². The van der Waals surface area contributed by atoms with Crippen LogP contribution in [0.25, 0.3) is 0 Å². The third-order valence-electron chi connectivity index (χ3n) is 3.52. The van der Waals surface area contributed by atoms with Gasteiger partial charge in [0.2, 0.25) is 6.29 Å². The van der Waals surface area contributed by atoms with Crippen molar-refractivity contribution in [2.45, 2.75) is 38.8 Å². The number of hydrogen-bond donors (Lipinski definition) is 2. The van der Waals surface area contributed by atoms with Gasteiger partial charge >= 0.3 is 11.9 Å². The van der Waals surface area contributed by atoms with Crippen molar-refractivity contribution in [1.29, 1.82) is 0 Å². The molecule has 0 radical (unpaired) electrons. The Morgan fingerprint density at radius 1 is 1.12 bits per heavy atom. The zero-order chi connectivity index (χ0) is 17.8. The quantitative estimate of drug-likeness (QED) is 0.328. The molecule has 2 aliphatic carbocycles. The van der Waals surface area contributed by atoms with Gasteiger partial charge in [0.05, 0.1) is 13.2 Å². The molecule has 148 valence electrons. The number of nitrogens with one attached hydrogen (secondary N) is 1. The minimum absolute atomic E-state index is 0. The van der Waals surface area contributed by atoms with Gasteiger partial charge < -0.3 is 15.6 Å². The Kier molecular flexibility index (Phi) is 15.5. The van der Waals surface area contributed by atoms with Crippen LogP contribution < -0.4 is 11.5 Å². The summed E-state index contributed by atoms with van der Waals surface area (Å²) in [5.41, 5.74) is 0. The first-order valence-electron chi connectivity index (χ1n) is 8.16. The fraction of sp³-hybridized carbons (Fsp3) is 0.500.